The molecule has 2 atom stereocenters. The second kappa shape index (κ2) is 6.76. The lowest BCUT2D eigenvalue weighted by Gasteiger charge is -2.36. The van der Waals surface area contributed by atoms with Crippen molar-refractivity contribution in [3.05, 3.63) is 24.3 Å². The van der Waals surface area contributed by atoms with Crippen molar-refractivity contribution in [2.75, 3.05) is 18.0 Å². The summed E-state index contributed by atoms with van der Waals surface area (Å²) < 4.78 is 27.1. The first-order chi connectivity index (χ1) is 11.8. The van der Waals surface area contributed by atoms with Gasteiger partial charge in [-0.1, -0.05) is 0 Å². The molecule has 1 aromatic carbocycles. The molecule has 0 radical (unpaired) electrons. The van der Waals surface area contributed by atoms with E-state index in [1.54, 1.807) is 24.0 Å². The largest absolute Gasteiger partial charge is 0.481 e. The number of hydrogen-bond donors (Lipinski definition) is 1. The number of carbonyl (C=O) groups excluding carboxylic acids is 1. The van der Waals surface area contributed by atoms with Crippen LogP contribution < -0.4 is 4.90 Å². The van der Waals surface area contributed by atoms with E-state index in [-0.39, 0.29) is 10.8 Å². The van der Waals surface area contributed by atoms with Crippen LogP contribution in [0.5, 0.6) is 0 Å². The Bertz CT molecular complexity index is 775. The van der Waals surface area contributed by atoms with Gasteiger partial charge < -0.3 is 10.0 Å². The van der Waals surface area contributed by atoms with E-state index in [4.69, 9.17) is 0 Å². The van der Waals surface area contributed by atoms with Gasteiger partial charge in [-0.2, -0.15) is 4.31 Å². The van der Waals surface area contributed by atoms with E-state index in [2.05, 4.69) is 0 Å². The predicted molar refractivity (Wildman–Crippen MR) is 91.7 cm³/mol. The summed E-state index contributed by atoms with van der Waals surface area (Å²) in [5.74, 6) is -1.61. The van der Waals surface area contributed by atoms with Crippen molar-refractivity contribution in [2.45, 2.75) is 43.5 Å². The molecular weight excluding hydrogens is 344 g/mol. The van der Waals surface area contributed by atoms with Crippen molar-refractivity contribution >= 4 is 27.6 Å². The van der Waals surface area contributed by atoms with E-state index in [0.717, 1.165) is 6.42 Å². The maximum atomic E-state index is 12.9. The topological polar surface area (TPSA) is 95.0 Å². The lowest BCUT2D eigenvalue weighted by molar-refractivity contribution is -0.144. The van der Waals surface area contributed by atoms with Crippen LogP contribution in [0.3, 0.4) is 0 Å². The number of rotatable bonds is 4. The lowest BCUT2D eigenvalue weighted by atomic mass is 9.92. The molecule has 2 fully saturated rings. The first-order valence-electron chi connectivity index (χ1n) is 8.47. The number of aliphatic carboxylic acids is 1. The number of carboxylic acids is 1. The summed E-state index contributed by atoms with van der Waals surface area (Å²) in [5, 5.41) is 9.29. The summed E-state index contributed by atoms with van der Waals surface area (Å²) in [7, 11) is -3.76. The normalized spacial score (nSPS) is 25.3. The molecule has 1 aromatic rings. The Morgan fingerprint density at radius 2 is 1.84 bits per heavy atom. The van der Waals surface area contributed by atoms with Crippen LogP contribution in [0.25, 0.3) is 0 Å². The highest BCUT2D eigenvalue weighted by Gasteiger charge is 2.39. The van der Waals surface area contributed by atoms with Gasteiger partial charge in [-0.05, 0) is 50.5 Å². The van der Waals surface area contributed by atoms with Crippen LogP contribution in [0.4, 0.5) is 5.69 Å². The Morgan fingerprint density at radius 3 is 2.40 bits per heavy atom. The Balaban J connectivity index is 1.84. The van der Waals surface area contributed by atoms with E-state index in [0.29, 0.717) is 38.0 Å². The SMILES string of the molecule is C[C@@H]1[C@H](C(=O)O)CCCN1S(=O)(=O)c1ccc(N2CCCC2=O)cc1. The number of hydrogen-bond acceptors (Lipinski definition) is 4. The minimum Gasteiger partial charge on any atom is -0.481 e. The van der Waals surface area contributed by atoms with Gasteiger partial charge in [0.05, 0.1) is 10.8 Å². The number of sulfonamides is 1. The summed E-state index contributed by atoms with van der Waals surface area (Å²) in [6.07, 6.45) is 2.34. The zero-order valence-electron chi connectivity index (χ0n) is 14.1. The van der Waals surface area contributed by atoms with Crippen LogP contribution in [0.1, 0.15) is 32.6 Å². The van der Waals surface area contributed by atoms with Crippen molar-refractivity contribution in [2.24, 2.45) is 5.92 Å². The average molecular weight is 366 g/mol. The molecule has 2 heterocycles. The van der Waals surface area contributed by atoms with Gasteiger partial charge in [0.15, 0.2) is 0 Å². The third-order valence-electron chi connectivity index (χ3n) is 5.08. The van der Waals surface area contributed by atoms with Crippen LogP contribution in [0.15, 0.2) is 29.2 Å². The van der Waals surface area contributed by atoms with E-state index in [9.17, 15) is 23.1 Å². The van der Waals surface area contributed by atoms with Crippen molar-refractivity contribution in [3.8, 4) is 0 Å². The van der Waals surface area contributed by atoms with Gasteiger partial charge >= 0.3 is 5.97 Å². The Morgan fingerprint density at radius 1 is 1.16 bits per heavy atom. The first-order valence-corrected chi connectivity index (χ1v) is 9.91. The van der Waals surface area contributed by atoms with E-state index >= 15 is 0 Å². The van der Waals surface area contributed by atoms with E-state index < -0.39 is 28.0 Å². The van der Waals surface area contributed by atoms with Crippen LogP contribution >= 0.6 is 0 Å². The maximum Gasteiger partial charge on any atom is 0.308 e. The lowest BCUT2D eigenvalue weighted by Crippen LogP contribution is -2.48. The molecule has 1 N–H and O–H groups in total. The molecule has 0 saturated carbocycles. The number of benzene rings is 1. The average Bonchev–Trinajstić information content (AvgIpc) is 3.00. The van der Waals surface area contributed by atoms with Gasteiger partial charge in [0.25, 0.3) is 0 Å². The second-order valence-corrected chi connectivity index (χ2v) is 8.48. The monoisotopic (exact) mass is 366 g/mol. The zero-order valence-corrected chi connectivity index (χ0v) is 14.9. The number of piperidine rings is 1. The highest BCUT2D eigenvalue weighted by atomic mass is 32.2. The molecule has 0 aliphatic carbocycles. The molecule has 1 amide bonds. The maximum absolute atomic E-state index is 12.9. The molecule has 0 unspecified atom stereocenters. The number of amides is 1. The van der Waals surface area contributed by atoms with Crippen molar-refractivity contribution in [1.29, 1.82) is 0 Å². The quantitative estimate of drug-likeness (QED) is 0.875. The third-order valence-corrected chi connectivity index (χ3v) is 7.08. The Labute approximate surface area is 147 Å². The fourth-order valence-electron chi connectivity index (χ4n) is 3.64. The summed E-state index contributed by atoms with van der Waals surface area (Å²) in [6, 6.07) is 5.68. The standard InChI is InChI=1S/C17H22N2O5S/c1-12-15(17(21)22)4-2-11-19(12)25(23,24)14-8-6-13(7-9-14)18-10-3-5-16(18)20/h6-9,12,15H,2-5,10-11H2,1H3,(H,21,22)/t12-,15-/m1/s1. The van der Waals surface area contributed by atoms with Crippen molar-refractivity contribution in [1.82, 2.24) is 4.31 Å². The van der Waals surface area contributed by atoms with Crippen molar-refractivity contribution < 1.29 is 23.1 Å². The van der Waals surface area contributed by atoms with E-state index in [1.165, 1.54) is 16.4 Å². The summed E-state index contributed by atoms with van der Waals surface area (Å²) in [4.78, 5) is 24.9. The fourth-order valence-corrected chi connectivity index (χ4v) is 5.34. The minimum atomic E-state index is -3.76. The minimum absolute atomic E-state index is 0.0459. The number of carbonyl (C=O) groups is 2. The molecule has 0 spiro atoms. The molecule has 0 aromatic heterocycles. The molecule has 2 aliphatic rings. The molecule has 2 aliphatic heterocycles. The van der Waals surface area contributed by atoms with Crippen LogP contribution in [0, 0.1) is 5.92 Å². The summed E-state index contributed by atoms with van der Waals surface area (Å²) >= 11 is 0. The number of anilines is 1. The highest BCUT2D eigenvalue weighted by molar-refractivity contribution is 7.89. The molecule has 136 valence electrons. The molecule has 25 heavy (non-hydrogen) atoms. The van der Waals surface area contributed by atoms with Gasteiger partial charge in [0.2, 0.25) is 15.9 Å². The summed E-state index contributed by atoms with van der Waals surface area (Å²) in [5.41, 5.74) is 0.691. The third kappa shape index (κ3) is 3.28. The summed E-state index contributed by atoms with van der Waals surface area (Å²) in [6.45, 7) is 2.61. The Kier molecular flexibility index (Phi) is 4.83. The van der Waals surface area contributed by atoms with Gasteiger partial charge in [0.1, 0.15) is 0 Å². The first kappa shape index (κ1) is 17.9. The smallest absolute Gasteiger partial charge is 0.308 e. The van der Waals surface area contributed by atoms with Crippen molar-refractivity contribution in [3.63, 3.8) is 0 Å². The molecule has 3 rings (SSSR count). The van der Waals surface area contributed by atoms with E-state index in [1.807, 2.05) is 0 Å². The zero-order chi connectivity index (χ0) is 18.2. The molecule has 0 bridgehead atoms. The molecular formula is C17H22N2O5S. The number of carboxylic acid groups (broad SMARTS) is 1. The second-order valence-electron chi connectivity index (χ2n) is 6.59. The van der Waals surface area contributed by atoms with Crippen LogP contribution in [-0.4, -0.2) is 48.8 Å². The Hall–Kier alpha value is -1.93. The van der Waals surface area contributed by atoms with Crippen LogP contribution in [0.2, 0.25) is 0 Å². The molecule has 8 heteroatoms. The van der Waals surface area contributed by atoms with Gasteiger partial charge in [-0.25, -0.2) is 8.42 Å². The fraction of sp³-hybridized carbons (Fsp3) is 0.529. The van der Waals surface area contributed by atoms with Gasteiger partial charge in [0, 0.05) is 31.2 Å². The number of nitrogens with zero attached hydrogens (tertiary/aromatic N) is 2. The predicted octanol–water partition coefficient (Wildman–Crippen LogP) is 1.69. The molecule has 2 saturated heterocycles. The van der Waals surface area contributed by atoms with Crippen LogP contribution in [-0.2, 0) is 19.6 Å². The van der Waals surface area contributed by atoms with Gasteiger partial charge in [-0.3, -0.25) is 9.59 Å². The highest BCUT2D eigenvalue weighted by Crippen LogP contribution is 2.30. The molecule has 7 nitrogen and oxygen atoms in total. The van der Waals surface area contributed by atoms with Gasteiger partial charge in [-0.15, -0.1) is 0 Å².